The summed E-state index contributed by atoms with van der Waals surface area (Å²) in [7, 11) is 0. The maximum absolute atomic E-state index is 12.5. The van der Waals surface area contributed by atoms with Gasteiger partial charge >= 0.3 is 35.5 Å². The van der Waals surface area contributed by atoms with E-state index in [1.807, 2.05) is 12.1 Å². The van der Waals surface area contributed by atoms with Crippen LogP contribution < -0.4 is 4.74 Å². The topological polar surface area (TPSA) is 107 Å². The Morgan fingerprint density at radius 3 is 1.93 bits per heavy atom. The summed E-state index contributed by atoms with van der Waals surface area (Å²) in [6, 6.07) is 16.6. The average Bonchev–Trinajstić information content (AvgIpc) is 2.88. The molecule has 4 N–H and O–H groups in total. The number of hydrogen-bond acceptors (Lipinski definition) is 5. The van der Waals surface area contributed by atoms with E-state index in [0.717, 1.165) is 0 Å². The van der Waals surface area contributed by atoms with Gasteiger partial charge in [-0.2, -0.15) is 0 Å². The van der Waals surface area contributed by atoms with Gasteiger partial charge in [0.2, 0.25) is 0 Å². The van der Waals surface area contributed by atoms with Gasteiger partial charge in [0.1, 0.15) is 23.0 Å². The molecule has 0 saturated heterocycles. The molecule has 2 aliphatic heterocycles. The van der Waals surface area contributed by atoms with Crippen molar-refractivity contribution in [3.63, 3.8) is 0 Å². The summed E-state index contributed by atoms with van der Waals surface area (Å²) in [6.45, 7) is 0. The third-order valence-electron chi connectivity index (χ3n) is 4.68. The Balaban J connectivity index is 0.00000105. The number of phenols is 2. The number of phenolic OH excluding ortho intramolecular Hbond substituents is 2. The monoisotopic (exact) mass is 374 g/mol. The molecule has 6 nitrogen and oxygen atoms in total. The first-order chi connectivity index (χ1) is 12.1. The summed E-state index contributed by atoms with van der Waals surface area (Å²) in [5, 5.41) is 19.7. The molecule has 0 atom stereocenters. The molecular weight excluding hydrogens is 359 g/mol. The van der Waals surface area contributed by atoms with Gasteiger partial charge in [-0.05, 0) is 30.3 Å². The second-order valence-electron chi connectivity index (χ2n) is 6.08. The van der Waals surface area contributed by atoms with Crippen LogP contribution >= 0.6 is 0 Å². The predicted molar refractivity (Wildman–Crippen MR) is 98.8 cm³/mol. The molecule has 0 aliphatic carbocycles. The van der Waals surface area contributed by atoms with E-state index in [1.165, 1.54) is 24.3 Å². The third kappa shape index (κ3) is 2.53. The van der Waals surface area contributed by atoms with Crippen molar-refractivity contribution in [2.45, 2.75) is 5.60 Å². The van der Waals surface area contributed by atoms with Gasteiger partial charge in [0.25, 0.3) is 0 Å². The summed E-state index contributed by atoms with van der Waals surface area (Å²) in [5.41, 5.74) is 1.28. The van der Waals surface area contributed by atoms with E-state index in [1.54, 1.807) is 24.3 Å². The Morgan fingerprint density at radius 2 is 1.33 bits per heavy atom. The van der Waals surface area contributed by atoms with Crippen LogP contribution in [0.2, 0.25) is 0 Å². The average molecular weight is 374 g/mol. The maximum atomic E-state index is 12.5. The fraction of sp³-hybridized carbons (Fsp3) is 0.0500. The van der Waals surface area contributed by atoms with E-state index in [0.29, 0.717) is 33.8 Å². The van der Waals surface area contributed by atoms with Crippen molar-refractivity contribution < 1.29 is 30.0 Å². The molecule has 0 bridgehead atoms. The number of rotatable bonds is 0. The fourth-order valence-electron chi connectivity index (χ4n) is 3.65. The molecule has 2 heterocycles. The molecule has 3 aromatic carbocycles. The van der Waals surface area contributed by atoms with Crippen molar-refractivity contribution >= 4 is 35.5 Å². The molecule has 0 saturated carbocycles. The third-order valence-corrected chi connectivity index (χ3v) is 4.68. The molecule has 7 heteroatoms. The number of fused-ring (bicyclic) bond motifs is 6. The zero-order valence-corrected chi connectivity index (χ0v) is 13.4. The van der Waals surface area contributed by atoms with Gasteiger partial charge in [-0.1, -0.05) is 18.2 Å². The number of ether oxygens (including phenoxy) is 2. The standard InChI is InChI=1S/C20H12O5.Na.H2O.H/c21-11-5-7-15-17(9-11)24-18-10-12(22)6-8-16(18)20(15)14-4-2-1-3-13(14)19(23)25-20;;;/h1-10,21-22H;;1H2;. The van der Waals surface area contributed by atoms with Crippen LogP contribution in [-0.4, -0.2) is 51.2 Å². The number of hydrogen-bond donors (Lipinski definition) is 2. The molecule has 5 rings (SSSR count). The Labute approximate surface area is 176 Å². The van der Waals surface area contributed by atoms with Gasteiger partial charge in [-0.15, -0.1) is 0 Å². The normalized spacial score (nSPS) is 14.6. The molecule has 0 amide bonds. The number of esters is 1. The second kappa shape index (κ2) is 6.58. The molecule has 132 valence electrons. The number of carbonyl (C=O) groups is 1. The molecular formula is C20H15NaO6. The fourth-order valence-corrected chi connectivity index (χ4v) is 3.65. The zero-order valence-electron chi connectivity index (χ0n) is 13.4. The number of carbonyl (C=O) groups excluding carboxylic acids is 1. The first-order valence-electron chi connectivity index (χ1n) is 7.77. The minimum atomic E-state index is -1.17. The van der Waals surface area contributed by atoms with Crippen LogP contribution in [-0.2, 0) is 10.3 Å². The van der Waals surface area contributed by atoms with Gasteiger partial charge in [0.05, 0.1) is 5.56 Å². The second-order valence-corrected chi connectivity index (χ2v) is 6.08. The van der Waals surface area contributed by atoms with E-state index in [9.17, 15) is 15.0 Å². The quantitative estimate of drug-likeness (QED) is 0.463. The van der Waals surface area contributed by atoms with Crippen LogP contribution in [0.25, 0.3) is 0 Å². The molecule has 0 fully saturated rings. The molecule has 27 heavy (non-hydrogen) atoms. The van der Waals surface area contributed by atoms with E-state index in [2.05, 4.69) is 0 Å². The molecule has 0 radical (unpaired) electrons. The predicted octanol–water partition coefficient (Wildman–Crippen LogP) is 2.19. The first kappa shape index (κ1) is 19.3. The van der Waals surface area contributed by atoms with Gasteiger partial charge in [-0.3, -0.25) is 0 Å². The van der Waals surface area contributed by atoms with Crippen LogP contribution in [0.1, 0.15) is 27.0 Å². The first-order valence-corrected chi connectivity index (χ1v) is 7.77. The van der Waals surface area contributed by atoms with Gasteiger partial charge < -0.3 is 25.2 Å². The number of benzene rings is 3. The summed E-state index contributed by atoms with van der Waals surface area (Å²) in [5.74, 6) is 0.408. The van der Waals surface area contributed by atoms with Crippen molar-refractivity contribution in [2.75, 3.05) is 0 Å². The van der Waals surface area contributed by atoms with Crippen LogP contribution in [0.5, 0.6) is 23.0 Å². The van der Waals surface area contributed by atoms with Crippen molar-refractivity contribution in [1.29, 1.82) is 0 Å². The Kier molecular flexibility index (Phi) is 4.69. The number of aromatic hydroxyl groups is 2. The van der Waals surface area contributed by atoms with Crippen LogP contribution in [0, 0.1) is 0 Å². The summed E-state index contributed by atoms with van der Waals surface area (Å²) < 4.78 is 11.8. The SMILES string of the molecule is O.O=C1OC2(c3ccc(O)cc3Oc3cc(O)ccc32)c2ccccc21.[NaH]. The van der Waals surface area contributed by atoms with Crippen LogP contribution in [0.4, 0.5) is 0 Å². The Hall–Kier alpha value is -2.51. The van der Waals surface area contributed by atoms with Gasteiger partial charge in [-0.25, -0.2) is 4.79 Å². The summed E-state index contributed by atoms with van der Waals surface area (Å²) in [4.78, 5) is 12.5. The van der Waals surface area contributed by atoms with Crippen molar-refractivity contribution in [3.05, 3.63) is 82.9 Å². The Morgan fingerprint density at radius 1 is 0.778 bits per heavy atom. The van der Waals surface area contributed by atoms with Crippen LogP contribution in [0.15, 0.2) is 60.7 Å². The molecule has 0 aromatic heterocycles. The zero-order chi connectivity index (χ0) is 17.2. The molecule has 1 spiro atoms. The summed E-state index contributed by atoms with van der Waals surface area (Å²) >= 11 is 0. The minimum absolute atomic E-state index is 0. The molecule has 0 unspecified atom stereocenters. The summed E-state index contributed by atoms with van der Waals surface area (Å²) in [6.07, 6.45) is 0. The van der Waals surface area contributed by atoms with E-state index in [-0.39, 0.29) is 46.5 Å². The van der Waals surface area contributed by atoms with Crippen molar-refractivity contribution in [1.82, 2.24) is 0 Å². The van der Waals surface area contributed by atoms with Gasteiger partial charge in [0, 0.05) is 28.8 Å². The van der Waals surface area contributed by atoms with Gasteiger partial charge in [0.15, 0.2) is 5.60 Å². The van der Waals surface area contributed by atoms with Crippen molar-refractivity contribution in [3.8, 4) is 23.0 Å². The van der Waals surface area contributed by atoms with Crippen LogP contribution in [0.3, 0.4) is 0 Å². The molecule has 2 aliphatic rings. The van der Waals surface area contributed by atoms with E-state index in [4.69, 9.17) is 9.47 Å². The van der Waals surface area contributed by atoms with E-state index >= 15 is 0 Å². The van der Waals surface area contributed by atoms with Crippen molar-refractivity contribution in [2.24, 2.45) is 0 Å². The molecule has 3 aromatic rings. The van der Waals surface area contributed by atoms with E-state index < -0.39 is 11.6 Å². The Bertz CT molecular complexity index is 1010.